The number of ether oxygens (including phenoxy) is 1. The van der Waals surface area contributed by atoms with E-state index < -0.39 is 5.92 Å². The first-order chi connectivity index (χ1) is 13.6. The van der Waals surface area contributed by atoms with E-state index in [9.17, 15) is 14.0 Å². The number of hydrogen-bond acceptors (Lipinski definition) is 4. The minimum absolute atomic E-state index is 0.102. The fourth-order valence-electron chi connectivity index (χ4n) is 4.03. The van der Waals surface area contributed by atoms with Crippen LogP contribution in [-0.2, 0) is 27.3 Å². The summed E-state index contributed by atoms with van der Waals surface area (Å²) in [5, 5.41) is 2.92. The Morgan fingerprint density at radius 3 is 2.89 bits per heavy atom. The molecule has 3 heterocycles. The molecule has 28 heavy (non-hydrogen) atoms. The first-order valence-corrected chi connectivity index (χ1v) is 9.44. The molecular formula is C21H22FN3O3. The Labute approximate surface area is 162 Å². The minimum atomic E-state index is -0.402. The first kappa shape index (κ1) is 18.6. The molecule has 0 bridgehead atoms. The lowest BCUT2D eigenvalue weighted by Crippen LogP contribution is -2.38. The predicted molar refractivity (Wildman–Crippen MR) is 99.5 cm³/mol. The molecule has 2 saturated heterocycles. The van der Waals surface area contributed by atoms with Gasteiger partial charge in [0.25, 0.3) is 0 Å². The molecule has 2 fully saturated rings. The number of carbonyl (C=O) groups excluding carboxylic acids is 2. The van der Waals surface area contributed by atoms with Gasteiger partial charge in [-0.25, -0.2) is 4.39 Å². The molecular weight excluding hydrogens is 361 g/mol. The molecule has 2 amide bonds. The molecule has 6 nitrogen and oxygen atoms in total. The van der Waals surface area contributed by atoms with Crippen molar-refractivity contribution in [2.75, 3.05) is 13.2 Å². The standard InChI is InChI=1S/C21H22FN3O3/c22-16-5-1-3-14(9-16)10-19(26)25-13-17(20-18(25)6-8-28-20)21(27)24-12-15-4-2-7-23-11-15/h1-5,7,9,11,17-18,20H,6,8,10,12-13H2,(H,24,27). The van der Waals surface area contributed by atoms with Gasteiger partial charge in [-0.3, -0.25) is 14.6 Å². The van der Waals surface area contributed by atoms with E-state index in [0.29, 0.717) is 31.7 Å². The van der Waals surface area contributed by atoms with Crippen LogP contribution in [0, 0.1) is 11.7 Å². The van der Waals surface area contributed by atoms with E-state index in [1.807, 2.05) is 12.1 Å². The molecule has 0 radical (unpaired) electrons. The van der Waals surface area contributed by atoms with Gasteiger partial charge in [0.2, 0.25) is 11.8 Å². The maximum absolute atomic E-state index is 13.4. The summed E-state index contributed by atoms with van der Waals surface area (Å²) in [7, 11) is 0. The van der Waals surface area contributed by atoms with Crippen LogP contribution in [0.4, 0.5) is 4.39 Å². The van der Waals surface area contributed by atoms with Crippen LogP contribution < -0.4 is 5.32 Å². The molecule has 1 N–H and O–H groups in total. The van der Waals surface area contributed by atoms with Gasteiger partial charge < -0.3 is 15.0 Å². The minimum Gasteiger partial charge on any atom is -0.375 e. The molecule has 3 unspecified atom stereocenters. The number of nitrogens with one attached hydrogen (secondary N) is 1. The van der Waals surface area contributed by atoms with E-state index in [0.717, 1.165) is 5.56 Å². The second-order valence-corrected chi connectivity index (χ2v) is 7.23. The van der Waals surface area contributed by atoms with Crippen LogP contribution >= 0.6 is 0 Å². The van der Waals surface area contributed by atoms with E-state index >= 15 is 0 Å². The van der Waals surface area contributed by atoms with Crippen LogP contribution in [0.3, 0.4) is 0 Å². The van der Waals surface area contributed by atoms with Crippen LogP contribution in [0.2, 0.25) is 0 Å². The molecule has 2 aromatic rings. The Kier molecular flexibility index (Phi) is 5.34. The van der Waals surface area contributed by atoms with Crippen molar-refractivity contribution in [2.24, 2.45) is 5.92 Å². The Morgan fingerprint density at radius 1 is 1.25 bits per heavy atom. The highest BCUT2D eigenvalue weighted by Gasteiger charge is 2.50. The van der Waals surface area contributed by atoms with Crippen molar-refractivity contribution in [1.29, 1.82) is 0 Å². The highest BCUT2D eigenvalue weighted by Crippen LogP contribution is 2.34. The van der Waals surface area contributed by atoms with E-state index in [1.165, 1.54) is 12.1 Å². The van der Waals surface area contributed by atoms with Crippen molar-refractivity contribution in [2.45, 2.75) is 31.5 Å². The number of benzene rings is 1. The van der Waals surface area contributed by atoms with Crippen LogP contribution in [0.15, 0.2) is 48.8 Å². The molecule has 1 aromatic carbocycles. The summed E-state index contributed by atoms with van der Waals surface area (Å²) in [5.74, 6) is -0.988. The summed E-state index contributed by atoms with van der Waals surface area (Å²) in [6.07, 6.45) is 3.93. The number of likely N-dealkylation sites (tertiary alicyclic amines) is 1. The van der Waals surface area contributed by atoms with Crippen molar-refractivity contribution in [3.8, 4) is 0 Å². The second-order valence-electron chi connectivity index (χ2n) is 7.23. The van der Waals surface area contributed by atoms with Crippen molar-refractivity contribution < 1.29 is 18.7 Å². The number of rotatable bonds is 5. The molecule has 7 heteroatoms. The van der Waals surface area contributed by atoms with Crippen molar-refractivity contribution in [3.05, 3.63) is 65.7 Å². The number of pyridine rings is 1. The van der Waals surface area contributed by atoms with Gasteiger partial charge in [-0.05, 0) is 35.7 Å². The number of amides is 2. The van der Waals surface area contributed by atoms with Gasteiger partial charge in [0, 0.05) is 32.1 Å². The van der Waals surface area contributed by atoms with Gasteiger partial charge in [-0.2, -0.15) is 0 Å². The fraction of sp³-hybridized carbons (Fsp3) is 0.381. The summed E-state index contributed by atoms with van der Waals surface area (Å²) >= 11 is 0. The zero-order valence-corrected chi connectivity index (χ0v) is 15.4. The van der Waals surface area contributed by atoms with Crippen LogP contribution in [-0.4, -0.2) is 47.0 Å². The summed E-state index contributed by atoms with van der Waals surface area (Å²) in [6.45, 7) is 1.24. The molecule has 1 aromatic heterocycles. The van der Waals surface area contributed by atoms with Gasteiger partial charge in [0.1, 0.15) is 5.82 Å². The zero-order valence-electron chi connectivity index (χ0n) is 15.4. The number of aromatic nitrogens is 1. The van der Waals surface area contributed by atoms with Crippen molar-refractivity contribution in [3.63, 3.8) is 0 Å². The third kappa shape index (κ3) is 3.89. The average molecular weight is 383 g/mol. The Bertz CT molecular complexity index is 861. The van der Waals surface area contributed by atoms with E-state index in [2.05, 4.69) is 10.3 Å². The highest BCUT2D eigenvalue weighted by atomic mass is 19.1. The Morgan fingerprint density at radius 2 is 2.11 bits per heavy atom. The normalized spacial score (nSPS) is 23.5. The lowest BCUT2D eigenvalue weighted by Gasteiger charge is -2.22. The molecule has 0 saturated carbocycles. The quantitative estimate of drug-likeness (QED) is 0.853. The van der Waals surface area contributed by atoms with Crippen molar-refractivity contribution >= 4 is 11.8 Å². The average Bonchev–Trinajstić information content (AvgIpc) is 3.29. The molecule has 0 spiro atoms. The highest BCUT2D eigenvalue weighted by molar-refractivity contribution is 5.84. The first-order valence-electron chi connectivity index (χ1n) is 9.44. The lowest BCUT2D eigenvalue weighted by molar-refractivity contribution is -0.131. The fourth-order valence-corrected chi connectivity index (χ4v) is 4.03. The number of halogens is 1. The third-order valence-electron chi connectivity index (χ3n) is 5.38. The van der Waals surface area contributed by atoms with Gasteiger partial charge in [0.05, 0.1) is 24.5 Å². The molecule has 0 aliphatic carbocycles. The molecule has 2 aliphatic rings. The third-order valence-corrected chi connectivity index (χ3v) is 5.38. The molecule has 2 aliphatic heterocycles. The van der Waals surface area contributed by atoms with Gasteiger partial charge >= 0.3 is 0 Å². The summed E-state index contributed by atoms with van der Waals surface area (Å²) in [4.78, 5) is 31.3. The second kappa shape index (κ2) is 8.06. The number of hydrogen-bond donors (Lipinski definition) is 1. The summed E-state index contributed by atoms with van der Waals surface area (Å²) < 4.78 is 19.2. The lowest BCUT2D eigenvalue weighted by atomic mass is 10.0. The van der Waals surface area contributed by atoms with E-state index in [4.69, 9.17) is 4.74 Å². The van der Waals surface area contributed by atoms with Gasteiger partial charge in [0.15, 0.2) is 0 Å². The molecule has 146 valence electrons. The maximum atomic E-state index is 13.4. The van der Waals surface area contributed by atoms with Gasteiger partial charge in [-0.15, -0.1) is 0 Å². The maximum Gasteiger partial charge on any atom is 0.227 e. The van der Waals surface area contributed by atoms with E-state index in [1.54, 1.807) is 29.4 Å². The Balaban J connectivity index is 1.41. The van der Waals surface area contributed by atoms with Crippen LogP contribution in [0.1, 0.15) is 17.5 Å². The monoisotopic (exact) mass is 383 g/mol. The molecule has 4 rings (SSSR count). The van der Waals surface area contributed by atoms with Gasteiger partial charge in [-0.1, -0.05) is 18.2 Å². The smallest absolute Gasteiger partial charge is 0.227 e. The predicted octanol–water partition coefficient (Wildman–Crippen LogP) is 1.70. The Hall–Kier alpha value is -2.80. The number of fused-ring (bicyclic) bond motifs is 1. The SMILES string of the molecule is O=C(NCc1cccnc1)C1CN(C(=O)Cc2cccc(F)c2)C2CCOC12. The topological polar surface area (TPSA) is 71.5 Å². The zero-order chi connectivity index (χ0) is 19.5. The van der Waals surface area contributed by atoms with Crippen molar-refractivity contribution in [1.82, 2.24) is 15.2 Å². The van der Waals surface area contributed by atoms with Crippen LogP contribution in [0.5, 0.6) is 0 Å². The largest absolute Gasteiger partial charge is 0.375 e. The van der Waals surface area contributed by atoms with Crippen LogP contribution in [0.25, 0.3) is 0 Å². The van der Waals surface area contributed by atoms with E-state index in [-0.39, 0.29) is 36.2 Å². The number of carbonyl (C=O) groups is 2. The molecule has 3 atom stereocenters. The summed E-state index contributed by atoms with van der Waals surface area (Å²) in [6, 6.07) is 9.67. The number of nitrogens with zero attached hydrogens (tertiary/aromatic N) is 2. The summed E-state index contributed by atoms with van der Waals surface area (Å²) in [5.41, 5.74) is 1.54.